The van der Waals surface area contributed by atoms with Gasteiger partial charge in [-0.1, -0.05) is 0 Å². The fourth-order valence-corrected chi connectivity index (χ4v) is 1.91. The van der Waals surface area contributed by atoms with Crippen molar-refractivity contribution in [3.8, 4) is 0 Å². The van der Waals surface area contributed by atoms with Crippen molar-refractivity contribution < 1.29 is 10.2 Å². The number of hydrogen-bond donors (Lipinski definition) is 2. The van der Waals surface area contributed by atoms with Gasteiger partial charge >= 0.3 is 0 Å². The van der Waals surface area contributed by atoms with Crippen LogP contribution in [0.4, 0.5) is 0 Å². The zero-order valence-corrected chi connectivity index (χ0v) is 8.16. The Morgan fingerprint density at radius 3 is 2.92 bits per heavy atom. The Labute approximate surface area is 78.5 Å². The molecule has 1 aromatic heterocycles. The maximum absolute atomic E-state index is 4.18. The van der Waals surface area contributed by atoms with E-state index in [4.69, 9.17) is 0 Å². The Hall–Kier alpha value is -0.870. The van der Waals surface area contributed by atoms with Gasteiger partial charge in [-0.2, -0.15) is 5.10 Å². The van der Waals surface area contributed by atoms with Gasteiger partial charge in [-0.15, -0.1) is 0 Å². The topological polar surface area (TPSA) is 38.9 Å². The van der Waals surface area contributed by atoms with Crippen LogP contribution in [0.2, 0.25) is 0 Å². The van der Waals surface area contributed by atoms with Crippen LogP contribution < -0.4 is 10.2 Å². The Bertz CT molecular complexity index is 262. The highest BCUT2D eigenvalue weighted by atomic mass is 15.2. The molecule has 0 amide bonds. The van der Waals surface area contributed by atoms with Crippen molar-refractivity contribution in [3.05, 3.63) is 18.0 Å². The number of nitrogens with two attached hydrogens (primary N) is 1. The highest BCUT2D eigenvalue weighted by Gasteiger charge is 2.15. The van der Waals surface area contributed by atoms with E-state index in [9.17, 15) is 0 Å². The van der Waals surface area contributed by atoms with Gasteiger partial charge in [0.2, 0.25) is 0 Å². The van der Waals surface area contributed by atoms with Crippen molar-refractivity contribution >= 4 is 0 Å². The zero-order valence-electron chi connectivity index (χ0n) is 8.16. The second-order valence-electron chi connectivity index (χ2n) is 3.82. The van der Waals surface area contributed by atoms with Crippen molar-refractivity contribution in [1.82, 2.24) is 9.78 Å². The summed E-state index contributed by atoms with van der Waals surface area (Å²) in [5.74, 6) is 0. The number of quaternary nitrogens is 2. The van der Waals surface area contributed by atoms with Crippen LogP contribution in [-0.2, 0) is 13.6 Å². The maximum Gasteiger partial charge on any atom is 0.127 e. The molecule has 0 saturated carbocycles. The van der Waals surface area contributed by atoms with E-state index < -0.39 is 0 Å². The first-order valence-corrected chi connectivity index (χ1v) is 4.97. The number of rotatable bonds is 2. The van der Waals surface area contributed by atoms with Gasteiger partial charge in [0.15, 0.2) is 0 Å². The van der Waals surface area contributed by atoms with E-state index >= 15 is 0 Å². The van der Waals surface area contributed by atoms with Crippen molar-refractivity contribution in [3.63, 3.8) is 0 Å². The lowest BCUT2D eigenvalue weighted by Crippen LogP contribution is -3.19. The Morgan fingerprint density at radius 1 is 1.54 bits per heavy atom. The molecule has 4 nitrogen and oxygen atoms in total. The molecule has 1 saturated heterocycles. The average Bonchev–Trinajstić information content (AvgIpc) is 2.53. The minimum Gasteiger partial charge on any atom is -0.337 e. The van der Waals surface area contributed by atoms with Crippen LogP contribution in [0.1, 0.15) is 5.56 Å². The lowest BCUT2D eigenvalue weighted by Gasteiger charge is -2.21. The van der Waals surface area contributed by atoms with Crippen molar-refractivity contribution in [2.24, 2.45) is 7.05 Å². The first kappa shape index (κ1) is 8.72. The maximum atomic E-state index is 4.18. The number of aromatic nitrogens is 2. The molecule has 4 heteroatoms. The summed E-state index contributed by atoms with van der Waals surface area (Å²) in [5.41, 5.74) is 1.36. The molecule has 0 bridgehead atoms. The minimum atomic E-state index is 1.14. The number of nitrogens with one attached hydrogen (secondary N) is 1. The highest BCUT2D eigenvalue weighted by molar-refractivity contribution is 5.00. The summed E-state index contributed by atoms with van der Waals surface area (Å²) in [6.07, 6.45) is 4.09. The molecule has 1 aromatic rings. The van der Waals surface area contributed by atoms with Gasteiger partial charge in [0.1, 0.15) is 32.7 Å². The van der Waals surface area contributed by atoms with Crippen molar-refractivity contribution in [2.75, 3.05) is 26.2 Å². The number of hydrogen-bond acceptors (Lipinski definition) is 1. The van der Waals surface area contributed by atoms with Crippen LogP contribution in [0.3, 0.4) is 0 Å². The van der Waals surface area contributed by atoms with Crippen LogP contribution in [0.5, 0.6) is 0 Å². The summed E-state index contributed by atoms with van der Waals surface area (Å²) in [6.45, 7) is 6.26. The van der Waals surface area contributed by atoms with Gasteiger partial charge in [0.25, 0.3) is 0 Å². The molecular weight excluding hydrogens is 164 g/mol. The molecule has 0 unspecified atom stereocenters. The third-order valence-electron chi connectivity index (χ3n) is 2.62. The second kappa shape index (κ2) is 3.89. The summed E-state index contributed by atoms with van der Waals surface area (Å²) in [5, 5.41) is 6.57. The van der Waals surface area contributed by atoms with E-state index in [0.29, 0.717) is 0 Å². The van der Waals surface area contributed by atoms with Crippen LogP contribution >= 0.6 is 0 Å². The van der Waals surface area contributed by atoms with Gasteiger partial charge in [0.05, 0.1) is 6.20 Å². The van der Waals surface area contributed by atoms with Gasteiger partial charge < -0.3 is 10.2 Å². The van der Waals surface area contributed by atoms with Crippen molar-refractivity contribution in [2.45, 2.75) is 6.54 Å². The molecule has 0 radical (unpaired) electrons. The smallest absolute Gasteiger partial charge is 0.127 e. The van der Waals surface area contributed by atoms with Crippen LogP contribution in [0.15, 0.2) is 12.4 Å². The third kappa shape index (κ3) is 2.29. The standard InChI is InChI=1S/C9H16N4/c1-12-7-9(6-11-12)8-13-4-2-10-3-5-13/h6-7,10H,2-5,8H2,1H3/p+2. The van der Waals surface area contributed by atoms with Crippen molar-refractivity contribution in [1.29, 1.82) is 0 Å². The number of piperazine rings is 1. The molecular formula is C9H18N4+2. The van der Waals surface area contributed by atoms with Crippen LogP contribution in [0.25, 0.3) is 0 Å². The molecule has 72 valence electrons. The van der Waals surface area contributed by atoms with E-state index in [1.54, 1.807) is 4.90 Å². The fourth-order valence-electron chi connectivity index (χ4n) is 1.91. The molecule has 2 rings (SSSR count). The van der Waals surface area contributed by atoms with E-state index in [1.807, 2.05) is 17.9 Å². The molecule has 1 aliphatic rings. The number of aryl methyl sites for hydroxylation is 1. The summed E-state index contributed by atoms with van der Waals surface area (Å²) >= 11 is 0. The lowest BCUT2D eigenvalue weighted by molar-refractivity contribution is -0.958. The first-order valence-electron chi connectivity index (χ1n) is 4.97. The second-order valence-corrected chi connectivity index (χ2v) is 3.82. The van der Waals surface area contributed by atoms with Gasteiger partial charge in [0, 0.05) is 18.8 Å². The molecule has 0 spiro atoms. The summed E-state index contributed by atoms with van der Waals surface area (Å²) in [6, 6.07) is 0. The van der Waals surface area contributed by atoms with Crippen LogP contribution in [0, 0.1) is 0 Å². The van der Waals surface area contributed by atoms with E-state index in [2.05, 4.69) is 16.6 Å². The van der Waals surface area contributed by atoms with E-state index in [0.717, 1.165) is 6.54 Å². The first-order chi connectivity index (χ1) is 6.34. The van der Waals surface area contributed by atoms with E-state index in [-0.39, 0.29) is 0 Å². The summed E-state index contributed by atoms with van der Waals surface area (Å²) < 4.78 is 1.88. The Kier molecular flexibility index (Phi) is 2.61. The largest absolute Gasteiger partial charge is 0.337 e. The quantitative estimate of drug-likeness (QED) is 0.516. The summed E-state index contributed by atoms with van der Waals surface area (Å²) in [4.78, 5) is 1.69. The molecule has 2 heterocycles. The molecule has 3 N–H and O–H groups in total. The lowest BCUT2D eigenvalue weighted by atomic mass is 10.3. The van der Waals surface area contributed by atoms with Gasteiger partial charge in [-0.3, -0.25) is 4.68 Å². The normalized spacial score (nSPS) is 19.2. The average molecular weight is 182 g/mol. The SMILES string of the molecule is Cn1cc(C[NH+]2CC[NH2+]CC2)cn1. The highest BCUT2D eigenvalue weighted by Crippen LogP contribution is 1.92. The predicted octanol–water partition coefficient (Wildman–Crippen LogP) is -2.62. The Morgan fingerprint density at radius 2 is 2.31 bits per heavy atom. The molecule has 0 aliphatic carbocycles. The third-order valence-corrected chi connectivity index (χ3v) is 2.62. The minimum absolute atomic E-state index is 1.14. The number of nitrogens with zero attached hydrogens (tertiary/aromatic N) is 2. The van der Waals surface area contributed by atoms with Crippen LogP contribution in [-0.4, -0.2) is 36.0 Å². The van der Waals surface area contributed by atoms with E-state index in [1.165, 1.54) is 31.7 Å². The van der Waals surface area contributed by atoms with Gasteiger partial charge in [-0.25, -0.2) is 0 Å². The molecule has 1 fully saturated rings. The molecule has 0 atom stereocenters. The van der Waals surface area contributed by atoms with Gasteiger partial charge in [-0.05, 0) is 0 Å². The molecule has 0 aromatic carbocycles. The predicted molar refractivity (Wildman–Crippen MR) is 49.3 cm³/mol. The summed E-state index contributed by atoms with van der Waals surface area (Å²) in [7, 11) is 1.98. The fraction of sp³-hybridized carbons (Fsp3) is 0.667. The zero-order chi connectivity index (χ0) is 9.10. The molecule has 1 aliphatic heterocycles. The monoisotopic (exact) mass is 182 g/mol. The molecule has 13 heavy (non-hydrogen) atoms. The Balaban J connectivity index is 1.89.